The van der Waals surface area contributed by atoms with Crippen molar-refractivity contribution in [2.24, 2.45) is 0 Å². The quantitative estimate of drug-likeness (QED) is 0.0783. The van der Waals surface area contributed by atoms with E-state index in [0.29, 0.717) is 11.6 Å². The molecule has 24 aromatic rings. The fourth-order valence-corrected chi connectivity index (χ4v) is 35.9. The van der Waals surface area contributed by atoms with Crippen molar-refractivity contribution in [2.75, 3.05) is 0 Å². The van der Waals surface area contributed by atoms with E-state index in [4.69, 9.17) is 0 Å². The van der Waals surface area contributed by atoms with Gasteiger partial charge in [0.2, 0.25) is 0 Å². The topological polar surface area (TPSA) is 34.1 Å². The van der Waals surface area contributed by atoms with Gasteiger partial charge < -0.3 is 0 Å². The van der Waals surface area contributed by atoms with Crippen LogP contribution in [0, 0.1) is 5.38 Å². The number of hydrogen-bond acceptors (Lipinski definition) is 18. The molecule has 11 aromatic carbocycles. The van der Waals surface area contributed by atoms with Gasteiger partial charge in [0.25, 0.3) is 0 Å². The molecule has 2 atom stereocenters. The van der Waals surface area contributed by atoms with E-state index in [9.17, 15) is 9.59 Å². The van der Waals surface area contributed by atoms with Crippen molar-refractivity contribution in [1.82, 2.24) is 0 Å². The molecular formula is C108H84Br3LiO2S16. The number of ketones is 2. The van der Waals surface area contributed by atoms with Gasteiger partial charge >= 0.3 is 18.9 Å². The Kier molecular flexibility index (Phi) is 32.4. The molecule has 2 nitrogen and oxygen atoms in total. The zero-order valence-electron chi connectivity index (χ0n) is 70.7. The third-order valence-electron chi connectivity index (χ3n) is 23.1. The molecule has 0 aliphatic heterocycles. The zero-order chi connectivity index (χ0) is 87.7. The van der Waals surface area contributed by atoms with E-state index in [1.165, 1.54) is 198 Å². The standard InChI is InChI=1S/C14H6Br2S2.C14H14OS2.2C14H12S2.C14H8S2.2C8H6S2.C8H6S.C8H5S.C6H9BrO.Li/c15-7-1-3-9-11(5-7)17-14-13(9)10-4-2-8(16)6-12(10)18-14;15-11-6-2-4-8-13(11)17-14-9-10-5-1-3-7-12(10)16-14;3*1-3-7-11-9(5-1)13-10-6-2-4-8-12(10)16-14(13)15-11;2*9-8-5-6-3-1-2-4-7(6)10-8;2*1-2-4-8-7(3-1)5-6-9-8;7-5-3-1-2-4-6(5)8;/h1-6H;1,3,5,7,9,13H,2,4,6,8H2;2*1,3,5,7H,2,4,6,8H2;1-8H;2*1-5,9H;1-6H;1-5H;5H,1-4H2;/q;;;;;;;;-1;;+1. The Balaban J connectivity index is 0.0000000982. The third kappa shape index (κ3) is 22.2. The molecule has 0 radical (unpaired) electrons. The van der Waals surface area contributed by atoms with Gasteiger partial charge in [0.05, 0.1) is 38.8 Å². The van der Waals surface area contributed by atoms with Gasteiger partial charge in [-0.3, -0.25) is 20.9 Å². The first-order chi connectivity index (χ1) is 63.3. The Morgan fingerprint density at radius 2 is 0.685 bits per heavy atom. The summed E-state index contributed by atoms with van der Waals surface area (Å²) in [6.07, 6.45) is 19.0. The number of hydrogen-bond donors (Lipinski definition) is 2. The molecule has 4 aliphatic rings. The van der Waals surface area contributed by atoms with Crippen LogP contribution in [-0.2, 0) is 35.3 Å². The minimum Gasteiger partial charge on any atom is -0.298 e. The number of thioether (sulfide) groups is 1. The van der Waals surface area contributed by atoms with Crippen LogP contribution in [0.3, 0.4) is 0 Å². The molecule has 0 spiro atoms. The van der Waals surface area contributed by atoms with E-state index in [1.54, 1.807) is 108 Å². The van der Waals surface area contributed by atoms with Crippen LogP contribution in [0.5, 0.6) is 0 Å². The molecule has 2 unspecified atom stereocenters. The van der Waals surface area contributed by atoms with E-state index in [1.807, 2.05) is 133 Å². The van der Waals surface area contributed by atoms with E-state index >= 15 is 0 Å². The second-order valence-electron chi connectivity index (χ2n) is 31.7. The van der Waals surface area contributed by atoms with Crippen molar-refractivity contribution in [3.8, 4) is 0 Å². The zero-order valence-corrected chi connectivity index (χ0v) is 88.7. The molecule has 2 saturated carbocycles. The molecule has 2 fully saturated rings. The molecule has 646 valence electrons. The molecule has 0 bridgehead atoms. The van der Waals surface area contributed by atoms with Gasteiger partial charge in [0, 0.05) is 132 Å². The van der Waals surface area contributed by atoms with Crippen molar-refractivity contribution < 1.29 is 28.4 Å². The van der Waals surface area contributed by atoms with Crippen molar-refractivity contribution >= 4 is 392 Å². The Morgan fingerprint density at radius 1 is 0.315 bits per heavy atom. The predicted octanol–water partition coefficient (Wildman–Crippen LogP) is 37.4. The average molecular weight is 2170 g/mol. The molecule has 0 saturated heterocycles. The SMILES string of the molecule is Brc1ccc2c(c1)sc1sc3cc(Br)ccc3c12.O=C1CCCCC1Br.O=C1CCCCC1Sc1cc2ccccc2s1.Sc1cc2ccccc2s1.Sc1cc2ccccc2s1.[Li+].[c-]1cc2ccccc2s1.c1ccc2c(c1)sc1sc3c(c12)CCCC3.c1ccc2c(c1)sc1sc3c(c12)CCCC3.c1ccc2c(c1)sc1sc3ccccc3c12.c1ccc2sccc2c1. The number of alkyl halides is 1. The Hall–Kier alpha value is -6.15. The smallest absolute Gasteiger partial charge is 0.298 e. The largest absolute Gasteiger partial charge is 1.00 e. The summed E-state index contributed by atoms with van der Waals surface area (Å²) in [5.74, 6) is 0.829. The van der Waals surface area contributed by atoms with Gasteiger partial charge in [-0.15, -0.1) is 195 Å². The number of halogens is 3. The van der Waals surface area contributed by atoms with Crippen molar-refractivity contribution in [3.05, 3.63) is 326 Å². The van der Waals surface area contributed by atoms with Crippen LogP contribution in [0.25, 0.3) is 149 Å². The molecule has 22 heteroatoms. The van der Waals surface area contributed by atoms with E-state index in [0.717, 1.165) is 55.9 Å². The molecular weight excluding hydrogens is 2090 g/mol. The van der Waals surface area contributed by atoms with Crippen LogP contribution >= 0.6 is 232 Å². The monoisotopic (exact) mass is 2170 g/mol. The summed E-state index contributed by atoms with van der Waals surface area (Å²) in [7, 11) is 0. The van der Waals surface area contributed by atoms with E-state index in [-0.39, 0.29) is 28.9 Å². The van der Waals surface area contributed by atoms with Crippen LogP contribution in [0.1, 0.15) is 97.9 Å². The number of carbonyl (C=O) groups is 2. The number of thiol groups is 2. The average Bonchev–Trinajstić information content (AvgIpc) is 1.58. The van der Waals surface area contributed by atoms with E-state index in [2.05, 4.69) is 326 Å². The van der Waals surface area contributed by atoms with E-state index < -0.39 is 0 Å². The van der Waals surface area contributed by atoms with Crippen LogP contribution in [-0.4, -0.2) is 21.6 Å². The summed E-state index contributed by atoms with van der Waals surface area (Å²) in [4.78, 5) is 26.1. The van der Waals surface area contributed by atoms with Gasteiger partial charge in [-0.2, -0.15) is 11.5 Å². The first-order valence-electron chi connectivity index (χ1n) is 43.1. The van der Waals surface area contributed by atoms with Gasteiger partial charge in [0.1, 0.15) is 11.6 Å². The minimum atomic E-state index is 0. The second-order valence-corrected chi connectivity index (χ2v) is 52.3. The number of benzene rings is 11. The van der Waals surface area contributed by atoms with Crippen LogP contribution in [0.2, 0.25) is 0 Å². The Morgan fingerprint density at radius 3 is 1.12 bits per heavy atom. The van der Waals surface area contributed by atoms with Crippen LogP contribution in [0.15, 0.2) is 312 Å². The van der Waals surface area contributed by atoms with Crippen molar-refractivity contribution in [1.29, 1.82) is 0 Å². The minimum absolute atomic E-state index is 0. The molecule has 28 rings (SSSR count). The second kappa shape index (κ2) is 44.8. The summed E-state index contributed by atoms with van der Waals surface area (Å²) in [5.41, 5.74) is 3.34. The molecule has 130 heavy (non-hydrogen) atoms. The molecule has 0 amide bonds. The number of rotatable bonds is 2. The Labute approximate surface area is 860 Å². The normalized spacial score (nSPS) is 14.6. The summed E-state index contributed by atoms with van der Waals surface area (Å²) in [6.45, 7) is 0. The first-order valence-corrected chi connectivity index (χ1v) is 58.1. The number of aryl methyl sites for hydroxylation is 4. The first kappa shape index (κ1) is 94.2. The summed E-state index contributed by atoms with van der Waals surface area (Å²) in [5, 5.41) is 26.5. The number of fused-ring (bicyclic) bond motifs is 25. The fourth-order valence-electron chi connectivity index (χ4n) is 16.8. The van der Waals surface area contributed by atoms with Crippen molar-refractivity contribution in [2.45, 2.75) is 125 Å². The maximum absolute atomic E-state index is 11.8. The molecule has 13 heterocycles. The molecule has 0 N–H and O–H groups in total. The fraction of sp³-hybridized carbons (Fsp3) is 0.167. The van der Waals surface area contributed by atoms with Gasteiger partial charge in [-0.1, -0.05) is 230 Å². The molecule has 13 aromatic heterocycles. The van der Waals surface area contributed by atoms with Crippen LogP contribution in [0.4, 0.5) is 0 Å². The van der Waals surface area contributed by atoms with Crippen LogP contribution < -0.4 is 18.9 Å². The number of carbonyl (C=O) groups excluding carboxylic acids is 2. The predicted molar refractivity (Wildman–Crippen MR) is 604 cm³/mol. The van der Waals surface area contributed by atoms with Gasteiger partial charge in [-0.05, 0) is 212 Å². The maximum Gasteiger partial charge on any atom is 1.00 e. The Bertz CT molecular complexity index is 7470. The number of thiophene rings is 13. The summed E-state index contributed by atoms with van der Waals surface area (Å²) >= 11 is 45.0. The third-order valence-corrected chi connectivity index (χ3v) is 41.9. The number of Topliss-reactive ketones (excluding diaryl/α,β-unsaturated/α-hetero) is 2. The van der Waals surface area contributed by atoms with Gasteiger partial charge in [0.15, 0.2) is 0 Å². The summed E-state index contributed by atoms with van der Waals surface area (Å²) in [6, 6.07) is 100. The van der Waals surface area contributed by atoms with Crippen molar-refractivity contribution in [3.63, 3.8) is 0 Å². The molecule has 4 aliphatic carbocycles. The van der Waals surface area contributed by atoms with Gasteiger partial charge in [-0.25, -0.2) is 0 Å². The maximum atomic E-state index is 11.8. The summed E-state index contributed by atoms with van der Waals surface area (Å²) < 4.78 is 26.8.